The van der Waals surface area contributed by atoms with Gasteiger partial charge in [0.1, 0.15) is 34.9 Å². The highest BCUT2D eigenvalue weighted by Crippen LogP contribution is 2.33. The smallest absolute Gasteiger partial charge is 0.411 e. The van der Waals surface area contributed by atoms with Gasteiger partial charge in [-0.25, -0.2) is 23.4 Å². The number of anilines is 1. The van der Waals surface area contributed by atoms with Gasteiger partial charge in [0, 0.05) is 62.1 Å². The first-order chi connectivity index (χ1) is 21.6. The van der Waals surface area contributed by atoms with Gasteiger partial charge in [-0.3, -0.25) is 14.2 Å². The molecule has 17 heteroatoms. The molecular weight excluding hydrogens is 623 g/mol. The first-order valence-electron chi connectivity index (χ1n) is 13.8. The average Bonchev–Trinajstić information content (AvgIpc) is 3.49. The number of carbonyl (C=O) groups excluding carboxylic acids is 1. The van der Waals surface area contributed by atoms with E-state index in [1.807, 2.05) is 0 Å². The molecule has 4 aromatic rings. The van der Waals surface area contributed by atoms with Gasteiger partial charge >= 0.3 is 17.8 Å². The molecule has 0 radical (unpaired) electrons. The second-order valence-corrected chi connectivity index (χ2v) is 10.7. The second-order valence-electron chi connectivity index (χ2n) is 10.7. The van der Waals surface area contributed by atoms with Crippen LogP contribution in [0.4, 0.5) is 27.6 Å². The standard InChI is InChI=1S/C29H27F5N6O6/c1-14-22(26(42)38(3)28(45)37(14)2)17-5-4-15(40-7-6-35-24(17)40)12-20(27(43)44)36-25(41)23-18(30)10-16(11-19(23)31)39-8-9-46-13-21(39)29(32,33)34/h4-7,10-11,20-21H,8-9,12-13H2,1-3H3,(H,36,41)(H,43,44)/t20-,21-/m0/s1. The third-order valence-electron chi connectivity index (χ3n) is 7.97. The van der Waals surface area contributed by atoms with Crippen LogP contribution in [0, 0.1) is 18.6 Å². The van der Waals surface area contributed by atoms with Crippen molar-refractivity contribution < 1.29 is 41.4 Å². The van der Waals surface area contributed by atoms with Gasteiger partial charge < -0.3 is 29.0 Å². The number of ether oxygens (including phenoxy) is 1. The molecule has 0 bridgehead atoms. The molecule has 1 aromatic carbocycles. The van der Waals surface area contributed by atoms with Crippen molar-refractivity contribution in [3.8, 4) is 11.1 Å². The number of halogens is 5. The number of carboxylic acid groups (broad SMARTS) is 1. The molecule has 4 heterocycles. The number of hydrogen-bond acceptors (Lipinski definition) is 7. The van der Waals surface area contributed by atoms with Crippen LogP contribution in [-0.4, -0.2) is 73.5 Å². The van der Waals surface area contributed by atoms with Gasteiger partial charge in [0.05, 0.1) is 18.8 Å². The average molecular weight is 651 g/mol. The Labute approximate surface area is 256 Å². The van der Waals surface area contributed by atoms with Crippen LogP contribution in [0.25, 0.3) is 16.8 Å². The Kier molecular flexibility index (Phi) is 8.46. The molecule has 1 aliphatic rings. The maximum Gasteiger partial charge on any atom is 0.411 e. The maximum atomic E-state index is 15.1. The maximum absolute atomic E-state index is 15.1. The summed E-state index contributed by atoms with van der Waals surface area (Å²) >= 11 is 0. The van der Waals surface area contributed by atoms with Gasteiger partial charge in [-0.2, -0.15) is 13.2 Å². The molecule has 12 nitrogen and oxygen atoms in total. The van der Waals surface area contributed by atoms with E-state index in [1.165, 1.54) is 47.6 Å². The normalized spacial score (nSPS) is 16.1. The number of nitrogens with one attached hydrogen (secondary N) is 1. The summed E-state index contributed by atoms with van der Waals surface area (Å²) in [6.45, 7) is 0.405. The zero-order chi connectivity index (χ0) is 33.7. The monoisotopic (exact) mass is 650 g/mol. The van der Waals surface area contributed by atoms with Crippen molar-refractivity contribution in [2.75, 3.05) is 24.7 Å². The quantitative estimate of drug-likeness (QED) is 0.290. The van der Waals surface area contributed by atoms with Crippen LogP contribution >= 0.6 is 0 Å². The second kappa shape index (κ2) is 12.0. The molecule has 5 rings (SSSR count). The van der Waals surface area contributed by atoms with Gasteiger partial charge in [0.15, 0.2) is 0 Å². The molecule has 0 spiro atoms. The lowest BCUT2D eigenvalue weighted by molar-refractivity contribution is -0.167. The van der Waals surface area contributed by atoms with Crippen molar-refractivity contribution >= 4 is 23.2 Å². The fourth-order valence-electron chi connectivity index (χ4n) is 5.45. The summed E-state index contributed by atoms with van der Waals surface area (Å²) in [5.41, 5.74) is -1.33. The molecule has 1 fully saturated rings. The van der Waals surface area contributed by atoms with E-state index in [2.05, 4.69) is 10.3 Å². The number of alkyl halides is 3. The van der Waals surface area contributed by atoms with E-state index in [0.29, 0.717) is 23.4 Å². The van der Waals surface area contributed by atoms with Gasteiger partial charge in [-0.1, -0.05) is 0 Å². The van der Waals surface area contributed by atoms with Crippen molar-refractivity contribution in [3.63, 3.8) is 0 Å². The number of nitrogens with zero attached hydrogens (tertiary/aromatic N) is 5. The van der Waals surface area contributed by atoms with Gasteiger partial charge in [0.2, 0.25) is 0 Å². The number of pyridine rings is 1. The zero-order valence-corrected chi connectivity index (χ0v) is 24.6. The molecule has 1 saturated heterocycles. The first-order valence-corrected chi connectivity index (χ1v) is 13.8. The van der Waals surface area contributed by atoms with Crippen LogP contribution in [-0.2, 0) is 30.0 Å². The fraction of sp³-hybridized carbons (Fsp3) is 0.345. The number of aliphatic carboxylic acids is 1. The van der Waals surface area contributed by atoms with Gasteiger partial charge in [-0.15, -0.1) is 0 Å². The number of rotatable bonds is 7. The Morgan fingerprint density at radius 2 is 1.80 bits per heavy atom. The zero-order valence-electron chi connectivity index (χ0n) is 24.6. The molecule has 46 heavy (non-hydrogen) atoms. The highest BCUT2D eigenvalue weighted by Gasteiger charge is 2.46. The first kappa shape index (κ1) is 32.3. The molecule has 2 atom stereocenters. The summed E-state index contributed by atoms with van der Waals surface area (Å²) in [6, 6.07) is 0.261. The van der Waals surface area contributed by atoms with Crippen molar-refractivity contribution in [3.05, 3.63) is 86.1 Å². The molecule has 1 aliphatic heterocycles. The van der Waals surface area contributed by atoms with E-state index in [4.69, 9.17) is 4.74 Å². The minimum Gasteiger partial charge on any atom is -0.480 e. The fourth-order valence-corrected chi connectivity index (χ4v) is 5.45. The molecule has 2 N–H and O–H groups in total. The summed E-state index contributed by atoms with van der Waals surface area (Å²) in [5.74, 6) is -5.96. The molecule has 3 aromatic heterocycles. The van der Waals surface area contributed by atoms with Crippen LogP contribution in [0.1, 0.15) is 21.7 Å². The van der Waals surface area contributed by atoms with Crippen molar-refractivity contribution in [1.29, 1.82) is 0 Å². The summed E-state index contributed by atoms with van der Waals surface area (Å²) in [7, 11) is 2.82. The van der Waals surface area contributed by atoms with E-state index in [0.717, 1.165) is 9.47 Å². The Balaban J connectivity index is 1.44. The summed E-state index contributed by atoms with van der Waals surface area (Å²) in [5, 5.41) is 12.0. The lowest BCUT2D eigenvalue weighted by Gasteiger charge is -2.38. The molecule has 1 amide bonds. The molecule has 0 unspecified atom stereocenters. The van der Waals surface area contributed by atoms with E-state index < -0.39 is 77.3 Å². The summed E-state index contributed by atoms with van der Waals surface area (Å²) in [6.07, 6.45) is -2.29. The predicted octanol–water partition coefficient (Wildman–Crippen LogP) is 2.18. The van der Waals surface area contributed by atoms with E-state index in [-0.39, 0.29) is 30.1 Å². The summed E-state index contributed by atoms with van der Waals surface area (Å²) in [4.78, 5) is 55.5. The highest BCUT2D eigenvalue weighted by molar-refractivity contribution is 5.97. The number of carboxylic acids is 1. The molecule has 0 aliphatic carbocycles. The number of imidazole rings is 1. The van der Waals surface area contributed by atoms with E-state index >= 15 is 8.78 Å². The molecule has 244 valence electrons. The van der Waals surface area contributed by atoms with Crippen molar-refractivity contribution in [2.24, 2.45) is 14.1 Å². The summed E-state index contributed by atoms with van der Waals surface area (Å²) < 4.78 is 79.2. The number of amides is 1. The van der Waals surface area contributed by atoms with Crippen LogP contribution < -0.4 is 21.5 Å². The highest BCUT2D eigenvalue weighted by atomic mass is 19.4. The van der Waals surface area contributed by atoms with Crippen LogP contribution in [0.15, 0.2) is 46.2 Å². The van der Waals surface area contributed by atoms with Crippen LogP contribution in [0.2, 0.25) is 0 Å². The topological polar surface area (TPSA) is 140 Å². The lowest BCUT2D eigenvalue weighted by Crippen LogP contribution is -2.53. The van der Waals surface area contributed by atoms with Crippen molar-refractivity contribution in [2.45, 2.75) is 31.6 Å². The minimum atomic E-state index is -4.76. The Bertz CT molecular complexity index is 1960. The number of carbonyl (C=O) groups is 2. The van der Waals surface area contributed by atoms with E-state index in [1.54, 1.807) is 6.92 Å². The number of morpholine rings is 1. The third-order valence-corrected chi connectivity index (χ3v) is 7.97. The number of hydrogen-bond donors (Lipinski definition) is 2. The predicted molar refractivity (Wildman–Crippen MR) is 153 cm³/mol. The SMILES string of the molecule is Cc1c(-c2ccc(C[C@H](NC(=O)c3c(F)cc(N4CCOC[C@H]4C(F)(F)F)cc3F)C(=O)O)n3ccnc23)c(=O)n(C)c(=O)n1C. The Morgan fingerprint density at radius 3 is 2.43 bits per heavy atom. The lowest BCUT2D eigenvalue weighted by atomic mass is 10.0. The van der Waals surface area contributed by atoms with Crippen LogP contribution in [0.5, 0.6) is 0 Å². The van der Waals surface area contributed by atoms with Gasteiger partial charge in [0.25, 0.3) is 11.5 Å². The molecular formula is C29H27F5N6O6. The van der Waals surface area contributed by atoms with Crippen LogP contribution in [0.3, 0.4) is 0 Å². The van der Waals surface area contributed by atoms with Gasteiger partial charge in [-0.05, 0) is 31.2 Å². The number of benzene rings is 1. The Morgan fingerprint density at radius 1 is 1.13 bits per heavy atom. The molecule has 0 saturated carbocycles. The largest absolute Gasteiger partial charge is 0.480 e. The minimum absolute atomic E-state index is 0.120. The number of fused-ring (bicyclic) bond motifs is 1. The van der Waals surface area contributed by atoms with Crippen molar-refractivity contribution in [1.82, 2.24) is 23.8 Å². The van der Waals surface area contributed by atoms with E-state index in [9.17, 15) is 37.5 Å². The third kappa shape index (κ3) is 5.73. The Hall–Kier alpha value is -5.06. The number of aromatic nitrogens is 4.